The summed E-state index contributed by atoms with van der Waals surface area (Å²) < 4.78 is 4.86. The normalized spacial score (nSPS) is 24.6. The topological polar surface area (TPSA) is 68.3 Å². The molecule has 0 aliphatic heterocycles. The van der Waals surface area contributed by atoms with Crippen molar-refractivity contribution >= 4 is 18.3 Å². The van der Waals surface area contributed by atoms with E-state index < -0.39 is 0 Å². The van der Waals surface area contributed by atoms with Crippen LogP contribution in [0.1, 0.15) is 36.0 Å². The average Bonchev–Trinajstić information content (AvgIpc) is 2.70. The van der Waals surface area contributed by atoms with Crippen LogP contribution in [0, 0.1) is 0 Å². The molecule has 2 rings (SSSR count). The maximum absolute atomic E-state index is 11.7. The van der Waals surface area contributed by atoms with Crippen molar-refractivity contribution in [1.29, 1.82) is 0 Å². The SMILES string of the molecule is Cl.NC1CCCC(NC(=O)c2ccoc2)C1. The van der Waals surface area contributed by atoms with Crippen molar-refractivity contribution in [3.05, 3.63) is 24.2 Å². The monoisotopic (exact) mass is 244 g/mol. The molecule has 16 heavy (non-hydrogen) atoms. The van der Waals surface area contributed by atoms with Gasteiger partial charge in [0.1, 0.15) is 6.26 Å². The van der Waals surface area contributed by atoms with Crippen molar-refractivity contribution < 1.29 is 9.21 Å². The maximum atomic E-state index is 11.7. The van der Waals surface area contributed by atoms with Crippen LogP contribution in [0.2, 0.25) is 0 Å². The summed E-state index contributed by atoms with van der Waals surface area (Å²) in [7, 11) is 0. The summed E-state index contributed by atoms with van der Waals surface area (Å²) in [6.07, 6.45) is 7.02. The Kier molecular flexibility index (Phi) is 4.83. The van der Waals surface area contributed by atoms with Crippen LogP contribution in [0.25, 0.3) is 0 Å². The number of furan rings is 1. The minimum atomic E-state index is -0.0668. The Hall–Kier alpha value is -1.00. The highest BCUT2D eigenvalue weighted by molar-refractivity contribution is 5.93. The van der Waals surface area contributed by atoms with Gasteiger partial charge in [-0.05, 0) is 31.7 Å². The number of hydrogen-bond donors (Lipinski definition) is 2. The summed E-state index contributed by atoms with van der Waals surface area (Å²) in [5.74, 6) is -0.0668. The van der Waals surface area contributed by atoms with Crippen LogP contribution in [0.5, 0.6) is 0 Å². The summed E-state index contributed by atoms with van der Waals surface area (Å²) >= 11 is 0. The van der Waals surface area contributed by atoms with Crippen molar-refractivity contribution in [1.82, 2.24) is 5.32 Å². The second-order valence-corrected chi connectivity index (χ2v) is 4.11. The Morgan fingerprint density at radius 1 is 1.50 bits per heavy atom. The number of rotatable bonds is 2. The molecule has 1 aliphatic carbocycles. The van der Waals surface area contributed by atoms with E-state index in [-0.39, 0.29) is 30.4 Å². The molecule has 4 nitrogen and oxygen atoms in total. The number of amides is 1. The maximum Gasteiger partial charge on any atom is 0.254 e. The van der Waals surface area contributed by atoms with Crippen LogP contribution in [-0.4, -0.2) is 18.0 Å². The Bertz CT molecular complexity index is 327. The van der Waals surface area contributed by atoms with E-state index in [9.17, 15) is 4.79 Å². The Morgan fingerprint density at radius 2 is 2.31 bits per heavy atom. The van der Waals surface area contributed by atoms with Gasteiger partial charge in [-0.2, -0.15) is 0 Å². The highest BCUT2D eigenvalue weighted by atomic mass is 35.5. The third-order valence-corrected chi connectivity index (χ3v) is 2.83. The Morgan fingerprint density at radius 3 is 2.94 bits per heavy atom. The molecule has 1 amide bonds. The first kappa shape index (κ1) is 13.1. The van der Waals surface area contributed by atoms with Gasteiger partial charge in [0, 0.05) is 12.1 Å². The molecule has 0 bridgehead atoms. The van der Waals surface area contributed by atoms with Gasteiger partial charge in [0.25, 0.3) is 5.91 Å². The minimum Gasteiger partial charge on any atom is -0.472 e. The van der Waals surface area contributed by atoms with Gasteiger partial charge in [0.05, 0.1) is 11.8 Å². The lowest BCUT2D eigenvalue weighted by Crippen LogP contribution is -2.42. The van der Waals surface area contributed by atoms with Gasteiger partial charge in [0.2, 0.25) is 0 Å². The van der Waals surface area contributed by atoms with Gasteiger partial charge in [-0.15, -0.1) is 12.4 Å². The number of nitrogens with one attached hydrogen (secondary N) is 1. The molecule has 1 aliphatic rings. The fraction of sp³-hybridized carbons (Fsp3) is 0.545. The molecular weight excluding hydrogens is 228 g/mol. The van der Waals surface area contributed by atoms with E-state index in [0.717, 1.165) is 25.7 Å². The van der Waals surface area contributed by atoms with Crippen LogP contribution < -0.4 is 11.1 Å². The van der Waals surface area contributed by atoms with Crippen LogP contribution in [0.15, 0.2) is 23.0 Å². The smallest absolute Gasteiger partial charge is 0.254 e. The number of hydrogen-bond acceptors (Lipinski definition) is 3. The van der Waals surface area contributed by atoms with Gasteiger partial charge in [0.15, 0.2) is 0 Å². The second-order valence-electron chi connectivity index (χ2n) is 4.11. The molecule has 2 atom stereocenters. The molecule has 3 N–H and O–H groups in total. The molecule has 0 radical (unpaired) electrons. The van der Waals surface area contributed by atoms with E-state index in [1.165, 1.54) is 12.5 Å². The van der Waals surface area contributed by atoms with Gasteiger partial charge in [-0.1, -0.05) is 0 Å². The molecule has 0 spiro atoms. The number of carbonyl (C=O) groups is 1. The first-order valence-electron chi connectivity index (χ1n) is 5.34. The summed E-state index contributed by atoms with van der Waals surface area (Å²) in [5, 5.41) is 2.97. The van der Waals surface area contributed by atoms with Crippen LogP contribution in [0.3, 0.4) is 0 Å². The van der Waals surface area contributed by atoms with Gasteiger partial charge in [-0.3, -0.25) is 4.79 Å². The first-order chi connectivity index (χ1) is 7.25. The van der Waals surface area contributed by atoms with Gasteiger partial charge >= 0.3 is 0 Å². The third kappa shape index (κ3) is 3.25. The zero-order valence-corrected chi connectivity index (χ0v) is 9.83. The largest absolute Gasteiger partial charge is 0.472 e. The lowest BCUT2D eigenvalue weighted by Gasteiger charge is -2.27. The molecule has 0 aromatic carbocycles. The quantitative estimate of drug-likeness (QED) is 0.832. The first-order valence-corrected chi connectivity index (χ1v) is 5.34. The molecule has 90 valence electrons. The van der Waals surface area contributed by atoms with Crippen molar-refractivity contribution in [2.24, 2.45) is 5.73 Å². The summed E-state index contributed by atoms with van der Waals surface area (Å²) in [6, 6.07) is 2.11. The van der Waals surface area contributed by atoms with E-state index in [0.29, 0.717) is 5.56 Å². The molecule has 1 heterocycles. The van der Waals surface area contributed by atoms with E-state index in [4.69, 9.17) is 10.2 Å². The van der Waals surface area contributed by atoms with E-state index in [2.05, 4.69) is 5.32 Å². The van der Waals surface area contributed by atoms with Crippen molar-refractivity contribution in [2.75, 3.05) is 0 Å². The Labute approximate surface area is 101 Å². The summed E-state index contributed by atoms with van der Waals surface area (Å²) in [6.45, 7) is 0. The van der Waals surface area contributed by atoms with Crippen molar-refractivity contribution in [3.8, 4) is 0 Å². The van der Waals surface area contributed by atoms with Crippen LogP contribution in [0.4, 0.5) is 0 Å². The minimum absolute atomic E-state index is 0. The predicted octanol–water partition coefficient (Wildman–Crippen LogP) is 1.70. The fourth-order valence-corrected chi connectivity index (χ4v) is 2.02. The molecule has 0 saturated heterocycles. The highest BCUT2D eigenvalue weighted by Crippen LogP contribution is 2.17. The average molecular weight is 245 g/mol. The number of halogens is 1. The van der Waals surface area contributed by atoms with Crippen molar-refractivity contribution in [2.45, 2.75) is 37.8 Å². The van der Waals surface area contributed by atoms with Crippen molar-refractivity contribution in [3.63, 3.8) is 0 Å². The molecule has 1 aromatic rings. The summed E-state index contributed by atoms with van der Waals surface area (Å²) in [4.78, 5) is 11.7. The third-order valence-electron chi connectivity index (χ3n) is 2.83. The molecule has 1 aromatic heterocycles. The zero-order chi connectivity index (χ0) is 10.7. The molecule has 1 saturated carbocycles. The zero-order valence-electron chi connectivity index (χ0n) is 9.02. The predicted molar refractivity (Wildman–Crippen MR) is 63.7 cm³/mol. The molecule has 2 unspecified atom stereocenters. The summed E-state index contributed by atoms with van der Waals surface area (Å²) in [5.41, 5.74) is 6.43. The van der Waals surface area contributed by atoms with Gasteiger partial charge < -0.3 is 15.5 Å². The second kappa shape index (κ2) is 5.92. The lowest BCUT2D eigenvalue weighted by atomic mass is 9.91. The number of nitrogens with two attached hydrogens (primary N) is 1. The highest BCUT2D eigenvalue weighted by Gasteiger charge is 2.21. The number of carbonyl (C=O) groups excluding carboxylic acids is 1. The molecule has 5 heteroatoms. The standard InChI is InChI=1S/C11H16N2O2.ClH/c12-9-2-1-3-10(6-9)13-11(14)8-4-5-15-7-8;/h4-5,7,9-10H,1-3,6,12H2,(H,13,14);1H. The van der Waals surface area contributed by atoms with Crippen LogP contribution >= 0.6 is 12.4 Å². The Balaban J connectivity index is 0.00000128. The molecular formula is C11H17ClN2O2. The lowest BCUT2D eigenvalue weighted by molar-refractivity contribution is 0.0925. The fourth-order valence-electron chi connectivity index (χ4n) is 2.02. The van der Waals surface area contributed by atoms with Gasteiger partial charge in [-0.25, -0.2) is 0 Å². The van der Waals surface area contributed by atoms with E-state index in [1.54, 1.807) is 6.07 Å². The molecule has 1 fully saturated rings. The van der Waals surface area contributed by atoms with E-state index in [1.807, 2.05) is 0 Å². The van der Waals surface area contributed by atoms with E-state index >= 15 is 0 Å². The van der Waals surface area contributed by atoms with Crippen LogP contribution in [-0.2, 0) is 0 Å².